The summed E-state index contributed by atoms with van der Waals surface area (Å²) < 4.78 is 2.65. The lowest BCUT2D eigenvalue weighted by molar-refractivity contribution is 0.877. The Morgan fingerprint density at radius 3 is 2.81 bits per heavy atom. The third-order valence-corrected chi connectivity index (χ3v) is 3.06. The second-order valence-electron chi connectivity index (χ2n) is 3.46. The molecule has 1 aromatic heterocycles. The average molecular weight is 296 g/mol. The van der Waals surface area contributed by atoms with E-state index in [0.717, 1.165) is 21.3 Å². The molecule has 0 aliphatic carbocycles. The van der Waals surface area contributed by atoms with Gasteiger partial charge in [0, 0.05) is 16.2 Å². The molecule has 2 aromatic rings. The second kappa shape index (κ2) is 4.35. The van der Waals surface area contributed by atoms with Gasteiger partial charge in [-0.2, -0.15) is 5.10 Å². The van der Waals surface area contributed by atoms with Crippen LogP contribution in [0.25, 0.3) is 5.69 Å². The minimum Gasteiger partial charge on any atom is -0.389 e. The Morgan fingerprint density at radius 2 is 2.25 bits per heavy atom. The van der Waals surface area contributed by atoms with E-state index < -0.39 is 0 Å². The van der Waals surface area contributed by atoms with Crippen LogP contribution in [0.2, 0.25) is 0 Å². The fourth-order valence-electron chi connectivity index (χ4n) is 1.49. The van der Waals surface area contributed by atoms with E-state index >= 15 is 0 Å². The Bertz CT molecular complexity index is 548. The normalized spacial score (nSPS) is 10.4. The first-order valence-corrected chi connectivity index (χ1v) is 5.89. The number of nitrogens with zero attached hydrogens (tertiary/aromatic N) is 2. The van der Waals surface area contributed by atoms with Crippen LogP contribution in [-0.4, -0.2) is 14.8 Å². The zero-order valence-electron chi connectivity index (χ0n) is 8.64. The first-order valence-electron chi connectivity index (χ1n) is 4.69. The van der Waals surface area contributed by atoms with Crippen molar-refractivity contribution in [2.24, 2.45) is 5.73 Å². The zero-order chi connectivity index (χ0) is 11.7. The maximum Gasteiger partial charge on any atom is 0.107 e. The molecule has 0 saturated carbocycles. The van der Waals surface area contributed by atoms with Crippen LogP contribution >= 0.6 is 28.1 Å². The number of halogens is 1. The van der Waals surface area contributed by atoms with Crippen molar-refractivity contribution in [3.05, 3.63) is 46.2 Å². The molecule has 0 unspecified atom stereocenters. The Balaban J connectivity index is 2.65. The van der Waals surface area contributed by atoms with Gasteiger partial charge in [0.05, 0.1) is 11.9 Å². The van der Waals surface area contributed by atoms with Crippen LogP contribution < -0.4 is 5.73 Å². The highest BCUT2D eigenvalue weighted by Gasteiger charge is 2.11. The summed E-state index contributed by atoms with van der Waals surface area (Å²) in [5.74, 6) is 0. The van der Waals surface area contributed by atoms with E-state index in [9.17, 15) is 0 Å². The van der Waals surface area contributed by atoms with Crippen LogP contribution in [0, 0.1) is 6.92 Å². The molecule has 0 aliphatic heterocycles. The molecule has 0 atom stereocenters. The van der Waals surface area contributed by atoms with Gasteiger partial charge in [-0.05, 0) is 40.5 Å². The first-order chi connectivity index (χ1) is 7.59. The molecule has 0 bridgehead atoms. The van der Waals surface area contributed by atoms with E-state index in [2.05, 4.69) is 21.0 Å². The molecule has 3 nitrogen and oxygen atoms in total. The fourth-order valence-corrected chi connectivity index (χ4v) is 2.41. The molecule has 0 saturated heterocycles. The molecular weight excluding hydrogens is 286 g/mol. The van der Waals surface area contributed by atoms with Crippen LogP contribution in [-0.2, 0) is 0 Å². The summed E-state index contributed by atoms with van der Waals surface area (Å²) in [6.45, 7) is 1.99. The lowest BCUT2D eigenvalue weighted by Gasteiger charge is -2.09. The molecule has 0 spiro atoms. The van der Waals surface area contributed by atoms with Gasteiger partial charge in [0.2, 0.25) is 0 Å². The highest BCUT2D eigenvalue weighted by molar-refractivity contribution is 9.10. The minimum absolute atomic E-state index is 0.357. The Hall–Kier alpha value is -1.20. The van der Waals surface area contributed by atoms with Crippen molar-refractivity contribution in [3.63, 3.8) is 0 Å². The SMILES string of the molecule is Cc1cnn(-c2cccc(Br)c2C(N)=S)c1. The quantitative estimate of drug-likeness (QED) is 0.866. The lowest BCUT2D eigenvalue weighted by Crippen LogP contribution is -2.14. The summed E-state index contributed by atoms with van der Waals surface area (Å²) in [5.41, 5.74) is 8.50. The smallest absolute Gasteiger partial charge is 0.107 e. The summed E-state index contributed by atoms with van der Waals surface area (Å²) in [7, 11) is 0. The fraction of sp³-hybridized carbons (Fsp3) is 0.0909. The van der Waals surface area contributed by atoms with Crippen LogP contribution in [0.1, 0.15) is 11.1 Å². The monoisotopic (exact) mass is 295 g/mol. The van der Waals surface area contributed by atoms with Gasteiger partial charge >= 0.3 is 0 Å². The molecule has 82 valence electrons. The highest BCUT2D eigenvalue weighted by Crippen LogP contribution is 2.23. The highest BCUT2D eigenvalue weighted by atomic mass is 79.9. The van der Waals surface area contributed by atoms with Crippen LogP contribution in [0.5, 0.6) is 0 Å². The third kappa shape index (κ3) is 2.01. The van der Waals surface area contributed by atoms with E-state index in [0.29, 0.717) is 4.99 Å². The van der Waals surface area contributed by atoms with Crippen molar-refractivity contribution in [2.75, 3.05) is 0 Å². The molecule has 0 fully saturated rings. The van der Waals surface area contributed by atoms with E-state index in [1.54, 1.807) is 10.9 Å². The maximum atomic E-state index is 5.72. The number of hydrogen-bond donors (Lipinski definition) is 1. The molecular formula is C11H10BrN3S. The van der Waals surface area contributed by atoms with Gasteiger partial charge in [-0.15, -0.1) is 0 Å². The summed E-state index contributed by atoms with van der Waals surface area (Å²) >= 11 is 8.49. The number of aryl methyl sites for hydroxylation is 1. The average Bonchev–Trinajstić information content (AvgIpc) is 2.63. The predicted octanol–water partition coefficient (Wildman–Crippen LogP) is 2.58. The number of nitrogens with two attached hydrogens (primary N) is 1. The topological polar surface area (TPSA) is 43.8 Å². The zero-order valence-corrected chi connectivity index (χ0v) is 11.0. The number of benzene rings is 1. The second-order valence-corrected chi connectivity index (χ2v) is 4.75. The van der Waals surface area contributed by atoms with Gasteiger partial charge in [-0.25, -0.2) is 4.68 Å². The van der Waals surface area contributed by atoms with Crippen LogP contribution in [0.3, 0.4) is 0 Å². The van der Waals surface area contributed by atoms with E-state index in [-0.39, 0.29) is 0 Å². The summed E-state index contributed by atoms with van der Waals surface area (Å²) in [6, 6.07) is 5.78. The van der Waals surface area contributed by atoms with Crippen molar-refractivity contribution < 1.29 is 0 Å². The van der Waals surface area contributed by atoms with Gasteiger partial charge in [0.25, 0.3) is 0 Å². The van der Waals surface area contributed by atoms with Gasteiger partial charge in [-0.3, -0.25) is 0 Å². The molecule has 1 aromatic carbocycles. The van der Waals surface area contributed by atoms with Crippen molar-refractivity contribution in [3.8, 4) is 5.69 Å². The standard InChI is InChI=1S/C11H10BrN3S/c1-7-5-14-15(6-7)9-4-2-3-8(12)10(9)11(13)16/h2-6H,1H3,(H2,13,16). The minimum atomic E-state index is 0.357. The van der Waals surface area contributed by atoms with Gasteiger partial charge in [-0.1, -0.05) is 18.3 Å². The van der Waals surface area contributed by atoms with Crippen molar-refractivity contribution in [2.45, 2.75) is 6.92 Å². The molecule has 2 N–H and O–H groups in total. The summed E-state index contributed by atoms with van der Waals surface area (Å²) in [4.78, 5) is 0.357. The van der Waals surface area contributed by atoms with E-state index in [4.69, 9.17) is 18.0 Å². The molecule has 1 heterocycles. The largest absolute Gasteiger partial charge is 0.389 e. The third-order valence-electron chi connectivity index (χ3n) is 2.20. The molecule has 0 amide bonds. The Kier molecular flexibility index (Phi) is 3.07. The molecule has 5 heteroatoms. The van der Waals surface area contributed by atoms with Crippen molar-refractivity contribution in [1.29, 1.82) is 0 Å². The summed E-state index contributed by atoms with van der Waals surface area (Å²) in [5, 5.41) is 4.25. The van der Waals surface area contributed by atoms with Gasteiger partial charge in [0.1, 0.15) is 4.99 Å². The van der Waals surface area contributed by atoms with Crippen molar-refractivity contribution >= 4 is 33.1 Å². The molecule has 16 heavy (non-hydrogen) atoms. The van der Waals surface area contributed by atoms with Gasteiger partial charge in [0.15, 0.2) is 0 Å². The maximum absolute atomic E-state index is 5.72. The lowest BCUT2D eigenvalue weighted by atomic mass is 10.2. The first kappa shape index (κ1) is 11.3. The number of hydrogen-bond acceptors (Lipinski definition) is 2. The Labute approximate surface area is 107 Å². The Morgan fingerprint density at radius 1 is 1.50 bits per heavy atom. The van der Waals surface area contributed by atoms with Crippen LogP contribution in [0.15, 0.2) is 35.1 Å². The number of aromatic nitrogens is 2. The van der Waals surface area contributed by atoms with Crippen LogP contribution in [0.4, 0.5) is 0 Å². The molecule has 2 rings (SSSR count). The molecule has 0 radical (unpaired) electrons. The molecule has 0 aliphatic rings. The number of rotatable bonds is 2. The van der Waals surface area contributed by atoms with E-state index in [1.165, 1.54) is 0 Å². The number of thiocarbonyl (C=S) groups is 1. The predicted molar refractivity (Wildman–Crippen MR) is 71.9 cm³/mol. The van der Waals surface area contributed by atoms with Gasteiger partial charge < -0.3 is 5.73 Å². The van der Waals surface area contributed by atoms with E-state index in [1.807, 2.05) is 31.3 Å². The van der Waals surface area contributed by atoms with Crippen molar-refractivity contribution in [1.82, 2.24) is 9.78 Å². The summed E-state index contributed by atoms with van der Waals surface area (Å²) in [6.07, 6.45) is 3.73.